The molecular weight excluding hydrogens is 355 g/mol. The Labute approximate surface area is 123 Å². The van der Waals surface area contributed by atoms with E-state index >= 15 is 0 Å². The highest BCUT2D eigenvalue weighted by molar-refractivity contribution is 9.09. The minimum Gasteiger partial charge on any atom is -0.258 e. The first kappa shape index (κ1) is 15.3. The zero-order chi connectivity index (χ0) is 14.9. The van der Waals surface area contributed by atoms with Gasteiger partial charge in [-0.25, -0.2) is 17.5 Å². The van der Waals surface area contributed by atoms with E-state index in [1.807, 2.05) is 0 Å². The number of alkyl halides is 1. The summed E-state index contributed by atoms with van der Waals surface area (Å²) in [7, 11) is -4.12. The van der Waals surface area contributed by atoms with E-state index in [1.54, 1.807) is 0 Å². The zero-order valence-corrected chi connectivity index (χ0v) is 12.7. The van der Waals surface area contributed by atoms with Crippen LogP contribution in [0.5, 0.6) is 0 Å². The number of hydrogen-bond acceptors (Lipinski definition) is 4. The van der Waals surface area contributed by atoms with Gasteiger partial charge in [-0.2, -0.15) is 0 Å². The molecule has 0 radical (unpaired) electrons. The Morgan fingerprint density at radius 2 is 2.10 bits per heavy atom. The molecule has 1 fully saturated rings. The van der Waals surface area contributed by atoms with Crippen molar-refractivity contribution in [3.63, 3.8) is 0 Å². The molecule has 2 atom stereocenters. The van der Waals surface area contributed by atoms with Crippen molar-refractivity contribution in [2.75, 3.05) is 0 Å². The van der Waals surface area contributed by atoms with Gasteiger partial charge in [0, 0.05) is 23.0 Å². The predicted molar refractivity (Wildman–Crippen MR) is 73.7 cm³/mol. The number of benzene rings is 1. The Balaban J connectivity index is 2.33. The van der Waals surface area contributed by atoms with Gasteiger partial charge in [0.1, 0.15) is 10.7 Å². The number of nitrogens with zero attached hydrogens (tertiary/aromatic N) is 1. The molecule has 110 valence electrons. The van der Waals surface area contributed by atoms with E-state index in [0.717, 1.165) is 31.0 Å². The molecule has 0 saturated heterocycles. The molecule has 1 aliphatic rings. The summed E-state index contributed by atoms with van der Waals surface area (Å²) in [6, 6.07) is 2.11. The number of nitro benzene ring substituents is 1. The van der Waals surface area contributed by atoms with Crippen LogP contribution in [0.2, 0.25) is 0 Å². The molecule has 0 heterocycles. The fraction of sp³-hybridized carbons (Fsp3) is 0.455. The lowest BCUT2D eigenvalue weighted by Crippen LogP contribution is -2.38. The van der Waals surface area contributed by atoms with Crippen LogP contribution in [0, 0.1) is 15.9 Å². The quantitative estimate of drug-likeness (QED) is 0.503. The molecule has 1 aromatic rings. The topological polar surface area (TPSA) is 89.3 Å². The van der Waals surface area contributed by atoms with Crippen LogP contribution in [-0.4, -0.2) is 24.2 Å². The first-order chi connectivity index (χ1) is 9.31. The largest absolute Gasteiger partial charge is 0.270 e. The molecule has 2 unspecified atom stereocenters. The number of rotatable bonds is 4. The number of nitrogens with one attached hydrogen (secondary N) is 1. The molecule has 1 aromatic carbocycles. The average Bonchev–Trinajstić information content (AvgIpc) is 2.74. The maximum Gasteiger partial charge on any atom is 0.270 e. The molecule has 0 bridgehead atoms. The standard InChI is InChI=1S/C11H12BrFN2O4S/c12-8-2-1-3-10(8)14-20(18,19)11-6-7(15(16)17)4-5-9(11)13/h4-6,8,10,14H,1-3H2. The van der Waals surface area contributed by atoms with Crippen LogP contribution < -0.4 is 4.72 Å². The van der Waals surface area contributed by atoms with Gasteiger partial charge in [0.05, 0.1) is 4.92 Å². The highest BCUT2D eigenvalue weighted by Crippen LogP contribution is 2.28. The number of halogens is 2. The summed E-state index contributed by atoms with van der Waals surface area (Å²) in [5.74, 6) is -1.01. The molecule has 2 rings (SSSR count). The van der Waals surface area contributed by atoms with Crippen LogP contribution >= 0.6 is 15.9 Å². The minimum atomic E-state index is -4.12. The first-order valence-corrected chi connectivity index (χ1v) is 8.31. The van der Waals surface area contributed by atoms with Crippen molar-refractivity contribution in [2.24, 2.45) is 0 Å². The molecule has 0 amide bonds. The first-order valence-electron chi connectivity index (χ1n) is 5.91. The Bertz CT molecular complexity index is 637. The molecule has 6 nitrogen and oxygen atoms in total. The van der Waals surface area contributed by atoms with E-state index in [9.17, 15) is 22.9 Å². The maximum absolute atomic E-state index is 13.6. The van der Waals surface area contributed by atoms with E-state index < -0.39 is 31.3 Å². The van der Waals surface area contributed by atoms with Gasteiger partial charge in [0.15, 0.2) is 0 Å². The van der Waals surface area contributed by atoms with E-state index in [-0.39, 0.29) is 10.9 Å². The van der Waals surface area contributed by atoms with Gasteiger partial charge in [-0.05, 0) is 18.9 Å². The normalized spacial score (nSPS) is 22.9. The van der Waals surface area contributed by atoms with Gasteiger partial charge in [-0.1, -0.05) is 22.4 Å². The van der Waals surface area contributed by atoms with Crippen molar-refractivity contribution < 1.29 is 17.7 Å². The second-order valence-corrected chi connectivity index (χ2v) is 7.41. The minimum absolute atomic E-state index is 0.0148. The zero-order valence-electron chi connectivity index (χ0n) is 10.3. The van der Waals surface area contributed by atoms with Gasteiger partial charge in [-0.3, -0.25) is 10.1 Å². The Hall–Kier alpha value is -1.06. The molecular formula is C11H12BrFN2O4S. The third kappa shape index (κ3) is 3.15. The molecule has 20 heavy (non-hydrogen) atoms. The highest BCUT2D eigenvalue weighted by Gasteiger charge is 2.31. The summed E-state index contributed by atoms with van der Waals surface area (Å²) in [6.07, 6.45) is 2.33. The van der Waals surface area contributed by atoms with Crippen LogP contribution in [0.15, 0.2) is 23.1 Å². The highest BCUT2D eigenvalue weighted by atomic mass is 79.9. The molecule has 0 aliphatic heterocycles. The van der Waals surface area contributed by atoms with Crippen LogP contribution in [0.1, 0.15) is 19.3 Å². The lowest BCUT2D eigenvalue weighted by atomic mass is 10.3. The van der Waals surface area contributed by atoms with E-state index in [2.05, 4.69) is 20.7 Å². The van der Waals surface area contributed by atoms with Crippen molar-refractivity contribution in [1.29, 1.82) is 0 Å². The summed E-state index contributed by atoms with van der Waals surface area (Å²) in [4.78, 5) is 9.18. The van der Waals surface area contributed by atoms with Crippen molar-refractivity contribution in [1.82, 2.24) is 4.72 Å². The van der Waals surface area contributed by atoms with Crippen molar-refractivity contribution in [3.05, 3.63) is 34.1 Å². The third-order valence-electron chi connectivity index (χ3n) is 3.15. The molecule has 1 aliphatic carbocycles. The third-order valence-corrected chi connectivity index (χ3v) is 5.75. The van der Waals surface area contributed by atoms with E-state index in [4.69, 9.17) is 0 Å². The number of non-ortho nitro benzene ring substituents is 1. The molecule has 0 aromatic heterocycles. The second-order valence-electron chi connectivity index (χ2n) is 4.55. The van der Waals surface area contributed by atoms with Crippen LogP contribution in [0.25, 0.3) is 0 Å². The smallest absolute Gasteiger partial charge is 0.258 e. The van der Waals surface area contributed by atoms with E-state index in [1.165, 1.54) is 0 Å². The van der Waals surface area contributed by atoms with Gasteiger partial charge >= 0.3 is 0 Å². The lowest BCUT2D eigenvalue weighted by molar-refractivity contribution is -0.385. The van der Waals surface area contributed by atoms with Gasteiger partial charge in [0.2, 0.25) is 10.0 Å². The van der Waals surface area contributed by atoms with Crippen molar-refractivity contribution in [2.45, 2.75) is 35.0 Å². The van der Waals surface area contributed by atoms with Crippen LogP contribution in [-0.2, 0) is 10.0 Å². The molecule has 1 N–H and O–H groups in total. The van der Waals surface area contributed by atoms with Gasteiger partial charge < -0.3 is 0 Å². The SMILES string of the molecule is O=[N+]([O-])c1ccc(F)c(S(=O)(=O)NC2CCCC2Br)c1. The van der Waals surface area contributed by atoms with E-state index in [0.29, 0.717) is 6.42 Å². The summed E-state index contributed by atoms with van der Waals surface area (Å²) >= 11 is 3.36. The Morgan fingerprint density at radius 3 is 2.65 bits per heavy atom. The number of nitro groups is 1. The Morgan fingerprint density at radius 1 is 1.40 bits per heavy atom. The molecule has 9 heteroatoms. The Kier molecular flexibility index (Phi) is 4.40. The molecule has 1 saturated carbocycles. The summed E-state index contributed by atoms with van der Waals surface area (Å²) in [5.41, 5.74) is -0.464. The summed E-state index contributed by atoms with van der Waals surface area (Å²) in [5, 5.41) is 10.6. The van der Waals surface area contributed by atoms with Crippen molar-refractivity contribution >= 4 is 31.6 Å². The predicted octanol–water partition coefficient (Wildman–Crippen LogP) is 2.33. The second kappa shape index (κ2) is 5.74. The lowest BCUT2D eigenvalue weighted by Gasteiger charge is -2.16. The maximum atomic E-state index is 13.6. The fourth-order valence-corrected chi connectivity index (χ4v) is 4.43. The van der Waals surface area contributed by atoms with Gasteiger partial charge in [-0.15, -0.1) is 0 Å². The monoisotopic (exact) mass is 366 g/mol. The van der Waals surface area contributed by atoms with Crippen LogP contribution in [0.3, 0.4) is 0 Å². The fourth-order valence-electron chi connectivity index (χ4n) is 2.12. The van der Waals surface area contributed by atoms with Gasteiger partial charge in [0.25, 0.3) is 5.69 Å². The van der Waals surface area contributed by atoms with Crippen LogP contribution in [0.4, 0.5) is 10.1 Å². The number of hydrogen-bond donors (Lipinski definition) is 1. The number of sulfonamides is 1. The molecule has 0 spiro atoms. The van der Waals surface area contributed by atoms with Crippen molar-refractivity contribution in [3.8, 4) is 0 Å². The summed E-state index contributed by atoms with van der Waals surface area (Å²) in [6.45, 7) is 0. The summed E-state index contributed by atoms with van der Waals surface area (Å²) < 4.78 is 40.3. The average molecular weight is 367 g/mol.